The predicted molar refractivity (Wildman–Crippen MR) is 103 cm³/mol. The maximum absolute atomic E-state index is 13.7. The first-order valence-corrected chi connectivity index (χ1v) is 10.4. The van der Waals surface area contributed by atoms with Crippen molar-refractivity contribution in [1.29, 1.82) is 0 Å². The Bertz CT molecular complexity index is 930. The van der Waals surface area contributed by atoms with E-state index in [2.05, 4.69) is 9.47 Å². The quantitative estimate of drug-likeness (QED) is 0.250. The highest BCUT2D eigenvalue weighted by Crippen LogP contribution is 2.49. The molecular formula is C20H17F14NO5. The van der Waals surface area contributed by atoms with Crippen LogP contribution in [0.1, 0.15) is 33.6 Å². The largest absolute Gasteiger partial charge is 0.492 e. The summed E-state index contributed by atoms with van der Waals surface area (Å²) in [6.45, 7) is -4.13. The van der Waals surface area contributed by atoms with Gasteiger partial charge in [0.1, 0.15) is 12.4 Å². The van der Waals surface area contributed by atoms with Crippen molar-refractivity contribution in [3.63, 3.8) is 0 Å². The molecule has 0 radical (unpaired) electrons. The average molecular weight is 617 g/mol. The Kier molecular flexibility index (Phi) is 10.7. The van der Waals surface area contributed by atoms with Crippen molar-refractivity contribution in [2.24, 2.45) is 5.73 Å². The molecule has 1 aromatic rings. The number of esters is 2. The van der Waals surface area contributed by atoms with Gasteiger partial charge in [-0.3, -0.25) is 0 Å². The second-order valence-corrected chi connectivity index (χ2v) is 7.75. The first kappa shape index (κ1) is 35.0. The highest BCUT2D eigenvalue weighted by atomic mass is 19.4. The van der Waals surface area contributed by atoms with Gasteiger partial charge in [-0.1, -0.05) is 0 Å². The van der Waals surface area contributed by atoms with E-state index in [1.165, 1.54) is 0 Å². The molecule has 0 atom stereocenters. The first-order chi connectivity index (χ1) is 17.9. The van der Waals surface area contributed by atoms with Crippen molar-refractivity contribution in [2.75, 3.05) is 26.4 Å². The van der Waals surface area contributed by atoms with Gasteiger partial charge in [0, 0.05) is 19.4 Å². The lowest BCUT2D eigenvalue weighted by Gasteiger charge is -2.29. The molecule has 0 amide bonds. The predicted octanol–water partition coefficient (Wildman–Crippen LogP) is 5.78. The Morgan fingerprint density at radius 2 is 0.900 bits per heavy atom. The van der Waals surface area contributed by atoms with Crippen molar-refractivity contribution < 1.29 is 85.3 Å². The number of alkyl halides is 14. The third-order valence-corrected chi connectivity index (χ3v) is 4.92. The lowest BCUT2D eigenvalue weighted by Crippen LogP contribution is -2.53. The molecule has 0 fully saturated rings. The molecule has 20 heteroatoms. The van der Waals surface area contributed by atoms with E-state index in [1.807, 2.05) is 0 Å². The van der Waals surface area contributed by atoms with Gasteiger partial charge in [0.15, 0.2) is 0 Å². The lowest BCUT2D eigenvalue weighted by atomic mass is 10.0. The maximum atomic E-state index is 13.7. The number of carbonyl (C=O) groups excluding carboxylic acids is 2. The summed E-state index contributed by atoms with van der Waals surface area (Å²) >= 11 is 0. The van der Waals surface area contributed by atoms with Gasteiger partial charge in [0.25, 0.3) is 0 Å². The second kappa shape index (κ2) is 12.2. The third-order valence-electron chi connectivity index (χ3n) is 4.92. The molecule has 0 bridgehead atoms. The number of carbonyl (C=O) groups is 2. The highest BCUT2D eigenvalue weighted by Gasteiger charge is 2.73. The number of nitrogens with two attached hydrogens (primary N) is 1. The van der Waals surface area contributed by atoms with Crippen LogP contribution in [0.5, 0.6) is 5.75 Å². The van der Waals surface area contributed by atoms with Gasteiger partial charge >= 0.3 is 48.0 Å². The Morgan fingerprint density at radius 3 is 1.18 bits per heavy atom. The van der Waals surface area contributed by atoms with Crippen LogP contribution >= 0.6 is 0 Å². The fourth-order valence-electron chi connectivity index (χ4n) is 2.72. The van der Waals surface area contributed by atoms with Crippen LogP contribution in [0.3, 0.4) is 0 Å². The fraction of sp³-hybridized carbons (Fsp3) is 0.600. The normalized spacial score (nSPS) is 13.7. The van der Waals surface area contributed by atoms with Crippen molar-refractivity contribution in [3.8, 4) is 5.75 Å². The van der Waals surface area contributed by atoms with Gasteiger partial charge in [-0.15, -0.1) is 0 Å². The highest BCUT2D eigenvalue weighted by molar-refractivity contribution is 5.96. The van der Waals surface area contributed by atoms with Gasteiger partial charge in [-0.25, -0.2) is 18.4 Å². The number of rotatable bonds is 11. The van der Waals surface area contributed by atoms with E-state index in [9.17, 15) is 71.1 Å². The second-order valence-electron chi connectivity index (χ2n) is 7.75. The molecule has 0 unspecified atom stereocenters. The Hall–Kier alpha value is -3.06. The minimum Gasteiger partial charge on any atom is -0.492 e. The van der Waals surface area contributed by atoms with Crippen molar-refractivity contribution in [1.82, 2.24) is 0 Å². The smallest absolute Gasteiger partial charge is 0.431 e. The summed E-state index contributed by atoms with van der Waals surface area (Å²) in [5, 5.41) is 0. The van der Waals surface area contributed by atoms with Gasteiger partial charge in [-0.05, 0) is 18.2 Å². The maximum Gasteiger partial charge on any atom is 0.431 e. The van der Waals surface area contributed by atoms with Crippen molar-refractivity contribution in [2.45, 2.75) is 48.9 Å². The van der Waals surface area contributed by atoms with Crippen LogP contribution in [-0.2, 0) is 9.47 Å². The van der Waals surface area contributed by atoms with E-state index < -0.39 is 90.9 Å². The van der Waals surface area contributed by atoms with E-state index in [0.717, 1.165) is 0 Å². The Labute approximate surface area is 214 Å². The molecule has 6 nitrogen and oxygen atoms in total. The Balaban J connectivity index is 3.12. The van der Waals surface area contributed by atoms with Gasteiger partial charge in [0.05, 0.1) is 24.3 Å². The van der Waals surface area contributed by atoms with E-state index in [-0.39, 0.29) is 13.2 Å². The number of benzene rings is 1. The van der Waals surface area contributed by atoms with Crippen molar-refractivity contribution in [3.05, 3.63) is 29.3 Å². The lowest BCUT2D eigenvalue weighted by molar-refractivity contribution is -0.345. The molecule has 40 heavy (non-hydrogen) atoms. The average Bonchev–Trinajstić information content (AvgIpc) is 2.79. The van der Waals surface area contributed by atoms with Crippen LogP contribution in [-0.4, -0.2) is 74.3 Å². The first-order valence-electron chi connectivity index (χ1n) is 10.4. The summed E-state index contributed by atoms with van der Waals surface area (Å²) in [6, 6.07) is 1.85. The molecule has 0 aliphatic rings. The van der Waals surface area contributed by atoms with Gasteiger partial charge in [-0.2, -0.15) is 52.7 Å². The monoisotopic (exact) mass is 617 g/mol. The molecular weight excluding hydrogens is 600 g/mol. The molecule has 0 aliphatic carbocycles. The van der Waals surface area contributed by atoms with Crippen LogP contribution in [0.4, 0.5) is 61.5 Å². The minimum absolute atomic E-state index is 0.199. The molecule has 1 aromatic carbocycles. The minimum atomic E-state index is -6.44. The number of ether oxygens (including phenoxy) is 3. The molecule has 230 valence electrons. The standard InChI is InChI=1S/C20H17F14NO5/c21-15(17(23,24)25,18(26,27)28)1-4-39-13(36)10-7-11(9-12(8-10)38-6-3-35)14(37)40-5-2-16(22,19(29,30)31)20(32,33)34/h7-9H,1-6,35H2. The van der Waals surface area contributed by atoms with Crippen LogP contribution in [0.25, 0.3) is 0 Å². The van der Waals surface area contributed by atoms with Crippen molar-refractivity contribution >= 4 is 11.9 Å². The Morgan fingerprint density at radius 1 is 0.575 bits per heavy atom. The molecule has 0 aliphatic heterocycles. The third kappa shape index (κ3) is 8.00. The van der Waals surface area contributed by atoms with Crippen LogP contribution in [0, 0.1) is 0 Å². The molecule has 0 aromatic heterocycles. The summed E-state index contributed by atoms with van der Waals surface area (Å²) in [6.07, 6.45) is -30.6. The zero-order valence-corrected chi connectivity index (χ0v) is 19.4. The summed E-state index contributed by atoms with van der Waals surface area (Å²) in [5.74, 6) is -3.99. The molecule has 1 rings (SSSR count). The molecule has 0 saturated heterocycles. The van der Waals surface area contributed by atoms with E-state index in [4.69, 9.17) is 10.5 Å². The van der Waals surface area contributed by atoms with Gasteiger partial charge < -0.3 is 19.9 Å². The zero-order chi connectivity index (χ0) is 31.4. The summed E-state index contributed by atoms with van der Waals surface area (Å²) in [5.41, 5.74) is -8.08. The number of hydrogen-bond acceptors (Lipinski definition) is 6. The molecule has 2 N–H and O–H groups in total. The molecule has 0 saturated carbocycles. The summed E-state index contributed by atoms with van der Waals surface area (Å²) in [7, 11) is 0. The number of halogens is 14. The van der Waals surface area contributed by atoms with E-state index >= 15 is 0 Å². The fourth-order valence-corrected chi connectivity index (χ4v) is 2.72. The zero-order valence-electron chi connectivity index (χ0n) is 19.4. The van der Waals surface area contributed by atoms with E-state index in [1.54, 1.807) is 0 Å². The molecule has 0 heterocycles. The van der Waals surface area contributed by atoms with Gasteiger partial charge in [0.2, 0.25) is 0 Å². The molecule has 0 spiro atoms. The van der Waals surface area contributed by atoms with E-state index in [0.29, 0.717) is 18.2 Å². The van der Waals surface area contributed by atoms with Crippen LogP contribution in [0.2, 0.25) is 0 Å². The summed E-state index contributed by atoms with van der Waals surface area (Å²) in [4.78, 5) is 24.3. The van der Waals surface area contributed by atoms with Crippen LogP contribution in [0.15, 0.2) is 18.2 Å². The van der Waals surface area contributed by atoms with Crippen LogP contribution < -0.4 is 10.5 Å². The SMILES string of the molecule is NCCOc1cc(C(=O)OCCC(F)(C(F)(F)F)C(F)(F)F)cc(C(=O)OCCC(F)(C(F)(F)F)C(F)(F)F)c1. The topological polar surface area (TPSA) is 87.9 Å². The summed E-state index contributed by atoms with van der Waals surface area (Å²) < 4.78 is 192. The number of hydrogen-bond donors (Lipinski definition) is 1.